The van der Waals surface area contributed by atoms with Crippen molar-refractivity contribution < 1.29 is 9.53 Å². The molecule has 0 radical (unpaired) electrons. The zero-order chi connectivity index (χ0) is 7.56. The first-order valence-corrected chi connectivity index (χ1v) is 3.51. The lowest BCUT2D eigenvalue weighted by Crippen LogP contribution is -2.00. The van der Waals surface area contributed by atoms with Gasteiger partial charge in [-0.3, -0.25) is 4.79 Å². The van der Waals surface area contributed by atoms with Gasteiger partial charge >= 0.3 is 5.97 Å². The summed E-state index contributed by atoms with van der Waals surface area (Å²) in [6, 6.07) is 0. The summed E-state index contributed by atoms with van der Waals surface area (Å²) >= 11 is 0. The third-order valence-corrected chi connectivity index (χ3v) is 1.70. The van der Waals surface area contributed by atoms with Crippen molar-refractivity contribution in [3.63, 3.8) is 0 Å². The molecule has 2 heteroatoms. The van der Waals surface area contributed by atoms with Gasteiger partial charge in [0.15, 0.2) is 0 Å². The lowest BCUT2D eigenvalue weighted by molar-refractivity contribution is -0.141. The molecule has 0 aromatic carbocycles. The molecule has 0 heterocycles. The Morgan fingerprint density at radius 1 is 1.90 bits per heavy atom. The fourth-order valence-corrected chi connectivity index (χ4v) is 0.909. The molecule has 0 amide bonds. The van der Waals surface area contributed by atoms with Crippen molar-refractivity contribution in [1.82, 2.24) is 0 Å². The minimum Gasteiger partial charge on any atom is -0.466 e. The number of carbonyl (C=O) groups excluding carboxylic acids is 1. The van der Waals surface area contributed by atoms with Gasteiger partial charge in [-0.2, -0.15) is 0 Å². The molecule has 1 saturated carbocycles. The fourth-order valence-electron chi connectivity index (χ4n) is 0.909. The molecule has 1 atom stereocenters. The summed E-state index contributed by atoms with van der Waals surface area (Å²) in [5.74, 6) is 0.450. The van der Waals surface area contributed by atoms with Gasteiger partial charge in [0.05, 0.1) is 6.61 Å². The van der Waals surface area contributed by atoms with Gasteiger partial charge in [0.25, 0.3) is 0 Å². The molecule has 1 rings (SSSR count). The normalized spacial score (nSPS) is 22.5. The number of carbonyl (C=O) groups is 1. The SMILES string of the molecule is C=C1C[C@H]1CCOC(C)=O. The second-order valence-corrected chi connectivity index (χ2v) is 2.69. The van der Waals surface area contributed by atoms with Gasteiger partial charge in [-0.1, -0.05) is 12.2 Å². The molecule has 0 aliphatic heterocycles. The van der Waals surface area contributed by atoms with Crippen molar-refractivity contribution in [1.29, 1.82) is 0 Å². The smallest absolute Gasteiger partial charge is 0.302 e. The van der Waals surface area contributed by atoms with Gasteiger partial charge in [-0.15, -0.1) is 0 Å². The van der Waals surface area contributed by atoms with Gasteiger partial charge in [0.1, 0.15) is 0 Å². The van der Waals surface area contributed by atoms with Crippen LogP contribution < -0.4 is 0 Å². The van der Waals surface area contributed by atoms with Crippen molar-refractivity contribution in [3.05, 3.63) is 12.2 Å². The predicted molar refractivity (Wildman–Crippen MR) is 38.5 cm³/mol. The van der Waals surface area contributed by atoms with Crippen LogP contribution >= 0.6 is 0 Å². The van der Waals surface area contributed by atoms with E-state index < -0.39 is 0 Å². The van der Waals surface area contributed by atoms with Crippen molar-refractivity contribution in [2.45, 2.75) is 19.8 Å². The third kappa shape index (κ3) is 2.21. The Kier molecular flexibility index (Phi) is 2.10. The highest BCUT2D eigenvalue weighted by molar-refractivity contribution is 5.65. The van der Waals surface area contributed by atoms with E-state index in [0.717, 1.165) is 12.8 Å². The first-order valence-electron chi connectivity index (χ1n) is 3.51. The maximum absolute atomic E-state index is 10.3. The lowest BCUT2D eigenvalue weighted by atomic mass is 10.3. The molecule has 0 saturated heterocycles. The van der Waals surface area contributed by atoms with Gasteiger partial charge < -0.3 is 4.74 Å². The monoisotopic (exact) mass is 140 g/mol. The van der Waals surface area contributed by atoms with Crippen LogP contribution in [0.2, 0.25) is 0 Å². The van der Waals surface area contributed by atoms with E-state index in [1.54, 1.807) is 0 Å². The highest BCUT2D eigenvalue weighted by atomic mass is 16.5. The Morgan fingerprint density at radius 2 is 2.50 bits per heavy atom. The predicted octanol–water partition coefficient (Wildman–Crippen LogP) is 1.52. The number of hydrogen-bond acceptors (Lipinski definition) is 2. The van der Waals surface area contributed by atoms with E-state index in [-0.39, 0.29) is 5.97 Å². The van der Waals surface area contributed by atoms with Crippen molar-refractivity contribution in [2.75, 3.05) is 6.61 Å². The van der Waals surface area contributed by atoms with E-state index in [4.69, 9.17) is 4.74 Å². The van der Waals surface area contributed by atoms with E-state index in [1.807, 2.05) is 0 Å². The molecule has 0 aromatic rings. The summed E-state index contributed by atoms with van der Waals surface area (Å²) < 4.78 is 4.76. The largest absolute Gasteiger partial charge is 0.466 e. The molecule has 0 spiro atoms. The summed E-state index contributed by atoms with van der Waals surface area (Å²) in [7, 11) is 0. The summed E-state index contributed by atoms with van der Waals surface area (Å²) in [6.45, 7) is 5.79. The summed E-state index contributed by atoms with van der Waals surface area (Å²) in [5.41, 5.74) is 1.30. The highest BCUT2D eigenvalue weighted by Gasteiger charge is 2.26. The first kappa shape index (κ1) is 7.32. The standard InChI is InChI=1S/C8H12O2/c1-6-5-8(6)3-4-10-7(2)9/h8H,1,3-5H2,2H3/t8-/m1/s1. The first-order chi connectivity index (χ1) is 4.70. The molecule has 1 fully saturated rings. The maximum Gasteiger partial charge on any atom is 0.302 e. The van der Waals surface area contributed by atoms with Crippen LogP contribution in [-0.2, 0) is 9.53 Å². The average molecular weight is 140 g/mol. The molecule has 56 valence electrons. The number of ether oxygens (including phenoxy) is 1. The van der Waals surface area contributed by atoms with Crippen molar-refractivity contribution in [3.8, 4) is 0 Å². The van der Waals surface area contributed by atoms with E-state index in [2.05, 4.69) is 6.58 Å². The zero-order valence-corrected chi connectivity index (χ0v) is 6.22. The van der Waals surface area contributed by atoms with Crippen LogP contribution in [-0.4, -0.2) is 12.6 Å². The Balaban J connectivity index is 1.96. The summed E-state index contributed by atoms with van der Waals surface area (Å²) in [6.07, 6.45) is 2.08. The Labute approximate surface area is 60.9 Å². The molecule has 1 aliphatic rings. The number of allylic oxidation sites excluding steroid dienone is 1. The second-order valence-electron chi connectivity index (χ2n) is 2.69. The van der Waals surface area contributed by atoms with Gasteiger partial charge in [0.2, 0.25) is 0 Å². The van der Waals surface area contributed by atoms with E-state index in [0.29, 0.717) is 12.5 Å². The fraction of sp³-hybridized carbons (Fsp3) is 0.625. The van der Waals surface area contributed by atoms with Crippen LogP contribution in [0.4, 0.5) is 0 Å². The average Bonchev–Trinajstić information content (AvgIpc) is 2.46. The number of hydrogen-bond donors (Lipinski definition) is 0. The molecule has 0 N–H and O–H groups in total. The minimum atomic E-state index is -0.189. The topological polar surface area (TPSA) is 26.3 Å². The highest BCUT2D eigenvalue weighted by Crippen LogP contribution is 2.38. The molecule has 10 heavy (non-hydrogen) atoms. The van der Waals surface area contributed by atoms with Crippen molar-refractivity contribution in [2.24, 2.45) is 5.92 Å². The molecule has 0 bridgehead atoms. The van der Waals surface area contributed by atoms with Crippen LogP contribution in [0.25, 0.3) is 0 Å². The molecular weight excluding hydrogens is 128 g/mol. The lowest BCUT2D eigenvalue weighted by Gasteiger charge is -1.97. The quantitative estimate of drug-likeness (QED) is 0.439. The van der Waals surface area contributed by atoms with Crippen LogP contribution in [0.3, 0.4) is 0 Å². The van der Waals surface area contributed by atoms with Crippen LogP contribution in [0.15, 0.2) is 12.2 Å². The molecule has 1 aliphatic carbocycles. The number of rotatable bonds is 3. The van der Waals surface area contributed by atoms with Gasteiger partial charge in [0, 0.05) is 6.92 Å². The Morgan fingerprint density at radius 3 is 2.90 bits per heavy atom. The Hall–Kier alpha value is -0.790. The van der Waals surface area contributed by atoms with Gasteiger partial charge in [-0.05, 0) is 18.8 Å². The van der Waals surface area contributed by atoms with Crippen LogP contribution in [0, 0.1) is 5.92 Å². The second kappa shape index (κ2) is 2.86. The molecule has 0 aromatic heterocycles. The maximum atomic E-state index is 10.3. The van der Waals surface area contributed by atoms with Crippen molar-refractivity contribution >= 4 is 5.97 Å². The van der Waals surface area contributed by atoms with Crippen LogP contribution in [0.5, 0.6) is 0 Å². The summed E-state index contributed by atoms with van der Waals surface area (Å²) in [5, 5.41) is 0. The van der Waals surface area contributed by atoms with Gasteiger partial charge in [-0.25, -0.2) is 0 Å². The van der Waals surface area contributed by atoms with E-state index >= 15 is 0 Å². The minimum absolute atomic E-state index is 0.189. The Bertz CT molecular complexity index is 161. The summed E-state index contributed by atoms with van der Waals surface area (Å²) in [4.78, 5) is 10.3. The molecule has 2 nitrogen and oxygen atoms in total. The molecule has 0 unspecified atom stereocenters. The van der Waals surface area contributed by atoms with E-state index in [9.17, 15) is 4.79 Å². The number of esters is 1. The zero-order valence-electron chi connectivity index (χ0n) is 6.22. The van der Waals surface area contributed by atoms with Crippen LogP contribution in [0.1, 0.15) is 19.8 Å². The molecular formula is C8H12O2. The third-order valence-electron chi connectivity index (χ3n) is 1.70. The van der Waals surface area contributed by atoms with E-state index in [1.165, 1.54) is 12.5 Å².